The number of hydrogen-bond acceptors (Lipinski definition) is 6. The van der Waals surface area contributed by atoms with Crippen LogP contribution < -0.4 is 9.64 Å². The van der Waals surface area contributed by atoms with Crippen LogP contribution in [0, 0.1) is 11.3 Å². The number of carbonyl (C=O) groups is 1. The Morgan fingerprint density at radius 1 is 1.31 bits per heavy atom. The maximum atomic E-state index is 12.4. The van der Waals surface area contributed by atoms with Crippen LogP contribution in [0.1, 0.15) is 24.8 Å². The van der Waals surface area contributed by atoms with E-state index in [1.165, 1.54) is 7.11 Å². The Bertz CT molecular complexity index is 783. The minimum atomic E-state index is -0.404. The molecular weight excluding hydrogens is 330 g/mol. The van der Waals surface area contributed by atoms with E-state index in [0.29, 0.717) is 30.9 Å². The van der Waals surface area contributed by atoms with Crippen LogP contribution in [-0.2, 0) is 16.1 Å². The lowest BCUT2D eigenvalue weighted by atomic mass is 9.81. The number of nitrogens with zero attached hydrogens (tertiary/aromatic N) is 3. The Morgan fingerprint density at radius 3 is 2.96 bits per heavy atom. The summed E-state index contributed by atoms with van der Waals surface area (Å²) in [5, 5.41) is 0. The molecule has 1 aromatic carbocycles. The van der Waals surface area contributed by atoms with Gasteiger partial charge in [-0.15, -0.1) is 0 Å². The first-order valence-corrected chi connectivity index (χ1v) is 9.04. The van der Waals surface area contributed by atoms with Crippen molar-refractivity contribution < 1.29 is 14.3 Å². The van der Waals surface area contributed by atoms with E-state index in [2.05, 4.69) is 14.9 Å². The standard InChI is InChI=1S/C20H23N3O3/c1-25-18(24)20-10-5-8-16(20)12-23(14-20)19-21-11-9-17(22-19)26-13-15-6-3-2-4-7-15/h2-4,6-7,9,11,16H,5,8,10,12-14H2,1H3. The summed E-state index contributed by atoms with van der Waals surface area (Å²) in [6.45, 7) is 1.87. The molecule has 1 aliphatic carbocycles. The average Bonchev–Trinajstić information content (AvgIpc) is 3.25. The first-order valence-electron chi connectivity index (χ1n) is 9.04. The molecule has 1 saturated heterocycles. The quantitative estimate of drug-likeness (QED) is 0.770. The topological polar surface area (TPSA) is 64.5 Å². The summed E-state index contributed by atoms with van der Waals surface area (Å²) in [7, 11) is 1.48. The highest BCUT2D eigenvalue weighted by molar-refractivity contribution is 5.79. The summed E-state index contributed by atoms with van der Waals surface area (Å²) >= 11 is 0. The van der Waals surface area contributed by atoms with Crippen LogP contribution in [0.2, 0.25) is 0 Å². The van der Waals surface area contributed by atoms with Gasteiger partial charge in [0, 0.05) is 25.4 Å². The van der Waals surface area contributed by atoms with Gasteiger partial charge in [0.1, 0.15) is 6.61 Å². The molecule has 1 saturated carbocycles. The van der Waals surface area contributed by atoms with Crippen LogP contribution in [0.15, 0.2) is 42.6 Å². The molecule has 0 radical (unpaired) electrons. The van der Waals surface area contributed by atoms with Gasteiger partial charge in [0.05, 0.1) is 12.5 Å². The van der Waals surface area contributed by atoms with E-state index >= 15 is 0 Å². The molecule has 6 heteroatoms. The molecule has 2 aromatic rings. The smallest absolute Gasteiger partial charge is 0.313 e. The minimum absolute atomic E-state index is 0.0982. The van der Waals surface area contributed by atoms with Gasteiger partial charge in [0.2, 0.25) is 11.8 Å². The highest BCUT2D eigenvalue weighted by Gasteiger charge is 2.56. The van der Waals surface area contributed by atoms with E-state index in [0.717, 1.165) is 31.4 Å². The van der Waals surface area contributed by atoms with Gasteiger partial charge in [-0.05, 0) is 24.3 Å². The largest absolute Gasteiger partial charge is 0.473 e. The van der Waals surface area contributed by atoms with E-state index in [4.69, 9.17) is 9.47 Å². The number of carbonyl (C=O) groups excluding carboxylic acids is 1. The number of ether oxygens (including phenoxy) is 2. The summed E-state index contributed by atoms with van der Waals surface area (Å²) in [6.07, 6.45) is 4.72. The van der Waals surface area contributed by atoms with Crippen molar-refractivity contribution in [3.8, 4) is 5.88 Å². The fraction of sp³-hybridized carbons (Fsp3) is 0.450. The number of methoxy groups -OCH3 is 1. The highest BCUT2D eigenvalue weighted by atomic mass is 16.5. The Kier molecular flexibility index (Phi) is 4.49. The molecule has 2 atom stereocenters. The second kappa shape index (κ2) is 6.94. The zero-order chi connectivity index (χ0) is 18.0. The first kappa shape index (κ1) is 16.8. The van der Waals surface area contributed by atoms with Crippen molar-refractivity contribution in [2.75, 3.05) is 25.1 Å². The van der Waals surface area contributed by atoms with E-state index < -0.39 is 5.41 Å². The highest BCUT2D eigenvalue weighted by Crippen LogP contribution is 2.50. The van der Waals surface area contributed by atoms with Gasteiger partial charge in [-0.3, -0.25) is 4.79 Å². The first-order chi connectivity index (χ1) is 12.7. The van der Waals surface area contributed by atoms with Crippen molar-refractivity contribution in [1.82, 2.24) is 9.97 Å². The van der Waals surface area contributed by atoms with Gasteiger partial charge in [0.15, 0.2) is 0 Å². The van der Waals surface area contributed by atoms with Crippen molar-refractivity contribution in [2.24, 2.45) is 11.3 Å². The second-order valence-corrected chi connectivity index (χ2v) is 7.09. The van der Waals surface area contributed by atoms with Crippen LogP contribution in [-0.4, -0.2) is 36.1 Å². The number of anilines is 1. The predicted molar refractivity (Wildman–Crippen MR) is 96.8 cm³/mol. The van der Waals surface area contributed by atoms with Crippen molar-refractivity contribution in [2.45, 2.75) is 25.9 Å². The molecule has 2 heterocycles. The average molecular weight is 353 g/mol. The SMILES string of the molecule is COC(=O)C12CCCC1CN(c1nccc(OCc3ccccc3)n1)C2. The molecule has 4 rings (SSSR count). The predicted octanol–water partition coefficient (Wildman–Crippen LogP) is 2.84. The number of aromatic nitrogens is 2. The van der Waals surface area contributed by atoms with Crippen molar-refractivity contribution >= 4 is 11.9 Å². The summed E-state index contributed by atoms with van der Waals surface area (Å²) < 4.78 is 10.9. The van der Waals surface area contributed by atoms with Crippen LogP contribution >= 0.6 is 0 Å². The van der Waals surface area contributed by atoms with Crippen LogP contribution in [0.5, 0.6) is 5.88 Å². The number of hydrogen-bond donors (Lipinski definition) is 0. The zero-order valence-electron chi connectivity index (χ0n) is 14.9. The van der Waals surface area contributed by atoms with Crippen LogP contribution in [0.3, 0.4) is 0 Å². The van der Waals surface area contributed by atoms with Crippen molar-refractivity contribution in [1.29, 1.82) is 0 Å². The molecule has 1 aromatic heterocycles. The monoisotopic (exact) mass is 353 g/mol. The third-order valence-corrected chi connectivity index (χ3v) is 5.59. The second-order valence-electron chi connectivity index (χ2n) is 7.09. The van der Waals surface area contributed by atoms with E-state index in [1.807, 2.05) is 30.3 Å². The van der Waals surface area contributed by atoms with E-state index in [1.54, 1.807) is 12.3 Å². The summed E-state index contributed by atoms with van der Waals surface area (Å²) in [6, 6.07) is 11.7. The molecular formula is C20H23N3O3. The molecule has 2 fully saturated rings. The van der Waals surface area contributed by atoms with Gasteiger partial charge < -0.3 is 14.4 Å². The Hall–Kier alpha value is -2.63. The minimum Gasteiger partial charge on any atom is -0.473 e. The van der Waals surface area contributed by atoms with Crippen molar-refractivity contribution in [3.05, 3.63) is 48.2 Å². The maximum Gasteiger partial charge on any atom is 0.313 e. The summed E-state index contributed by atoms with van der Waals surface area (Å²) in [4.78, 5) is 23.5. The van der Waals surface area contributed by atoms with Crippen molar-refractivity contribution in [3.63, 3.8) is 0 Å². The Labute approximate surface area is 153 Å². The fourth-order valence-electron chi connectivity index (χ4n) is 4.28. The molecule has 0 amide bonds. The number of fused-ring (bicyclic) bond motifs is 1. The third kappa shape index (κ3) is 3.00. The van der Waals surface area contributed by atoms with Gasteiger partial charge in [0.25, 0.3) is 0 Å². The lowest BCUT2D eigenvalue weighted by Crippen LogP contribution is -2.37. The van der Waals surface area contributed by atoms with Crippen LogP contribution in [0.4, 0.5) is 5.95 Å². The number of rotatable bonds is 5. The molecule has 0 spiro atoms. The number of esters is 1. The lowest BCUT2D eigenvalue weighted by molar-refractivity contribution is -0.152. The molecule has 136 valence electrons. The van der Waals surface area contributed by atoms with Gasteiger partial charge >= 0.3 is 5.97 Å². The molecule has 0 bridgehead atoms. The normalized spacial score (nSPS) is 24.3. The van der Waals surface area contributed by atoms with E-state index in [-0.39, 0.29) is 5.97 Å². The molecule has 2 unspecified atom stereocenters. The zero-order valence-corrected chi connectivity index (χ0v) is 14.9. The summed E-state index contributed by atoms with van der Waals surface area (Å²) in [5.74, 6) is 1.38. The third-order valence-electron chi connectivity index (χ3n) is 5.59. The van der Waals surface area contributed by atoms with Gasteiger partial charge in [-0.2, -0.15) is 4.98 Å². The van der Waals surface area contributed by atoms with Crippen LogP contribution in [0.25, 0.3) is 0 Å². The fourth-order valence-corrected chi connectivity index (χ4v) is 4.28. The molecule has 26 heavy (non-hydrogen) atoms. The van der Waals surface area contributed by atoms with Gasteiger partial charge in [-0.1, -0.05) is 36.8 Å². The molecule has 0 N–H and O–H groups in total. The maximum absolute atomic E-state index is 12.4. The molecule has 1 aliphatic heterocycles. The molecule has 2 aliphatic rings. The van der Waals surface area contributed by atoms with Gasteiger partial charge in [-0.25, -0.2) is 4.98 Å². The molecule has 6 nitrogen and oxygen atoms in total. The lowest BCUT2D eigenvalue weighted by Gasteiger charge is -2.25. The number of benzene rings is 1. The van der Waals surface area contributed by atoms with E-state index in [9.17, 15) is 4.79 Å². The summed E-state index contributed by atoms with van der Waals surface area (Å²) in [5.41, 5.74) is 0.687. The Morgan fingerprint density at radius 2 is 2.15 bits per heavy atom. The Balaban J connectivity index is 1.48.